The fraction of sp³-hybridized carbons (Fsp3) is 0.344. The van der Waals surface area contributed by atoms with Crippen LogP contribution in [0.4, 0.5) is 21.9 Å². The quantitative estimate of drug-likeness (QED) is 0.294. The molecule has 10 heteroatoms. The van der Waals surface area contributed by atoms with Crippen LogP contribution < -0.4 is 25.6 Å². The third-order valence-electron chi connectivity index (χ3n) is 7.83. The van der Waals surface area contributed by atoms with E-state index in [-0.39, 0.29) is 30.4 Å². The van der Waals surface area contributed by atoms with E-state index in [1.165, 1.54) is 12.8 Å². The molecule has 1 saturated carbocycles. The van der Waals surface area contributed by atoms with Gasteiger partial charge in [-0.25, -0.2) is 4.79 Å². The van der Waals surface area contributed by atoms with E-state index in [0.29, 0.717) is 34.6 Å². The number of rotatable bonds is 9. The van der Waals surface area contributed by atoms with Gasteiger partial charge in [-0.05, 0) is 92.8 Å². The molecule has 5 rings (SSSR count). The van der Waals surface area contributed by atoms with E-state index in [1.807, 2.05) is 48.5 Å². The molecule has 2 fully saturated rings. The lowest BCUT2D eigenvalue weighted by Gasteiger charge is -2.26. The maximum atomic E-state index is 12.8. The molecule has 1 atom stereocenters. The minimum Gasteiger partial charge on any atom is -0.490 e. The molecule has 9 nitrogen and oxygen atoms in total. The number of nitrogens with one attached hydrogen (secondary N) is 3. The van der Waals surface area contributed by atoms with Gasteiger partial charge in [0.25, 0.3) is 5.91 Å². The normalized spacial score (nSPS) is 16.6. The third kappa shape index (κ3) is 7.53. The number of carbonyl (C=O) groups is 3. The first kappa shape index (κ1) is 29.3. The summed E-state index contributed by atoms with van der Waals surface area (Å²) >= 11 is 6.08. The Hall–Kier alpha value is -4.24. The maximum Gasteiger partial charge on any atom is 0.323 e. The van der Waals surface area contributed by atoms with Crippen LogP contribution in [0.15, 0.2) is 72.8 Å². The highest BCUT2D eigenvalue weighted by molar-refractivity contribution is 6.33. The van der Waals surface area contributed by atoms with Gasteiger partial charge < -0.3 is 30.5 Å². The van der Waals surface area contributed by atoms with Crippen LogP contribution in [0.3, 0.4) is 0 Å². The van der Waals surface area contributed by atoms with Gasteiger partial charge in [-0.3, -0.25) is 9.59 Å². The van der Waals surface area contributed by atoms with Crippen LogP contribution in [0.2, 0.25) is 5.02 Å². The van der Waals surface area contributed by atoms with E-state index in [0.717, 1.165) is 37.2 Å². The summed E-state index contributed by atoms with van der Waals surface area (Å²) in [5.41, 5.74) is 2.72. The first-order chi connectivity index (χ1) is 20.4. The van der Waals surface area contributed by atoms with Crippen LogP contribution in [-0.4, -0.2) is 61.6 Å². The van der Waals surface area contributed by atoms with Crippen LogP contribution in [-0.2, 0) is 4.79 Å². The average Bonchev–Trinajstić information content (AvgIpc) is 3.70. The highest BCUT2D eigenvalue weighted by Gasteiger charge is 2.29. The lowest BCUT2D eigenvalue weighted by Crippen LogP contribution is -2.44. The molecule has 0 bridgehead atoms. The Morgan fingerprint density at radius 3 is 2.21 bits per heavy atom. The molecule has 0 spiro atoms. The van der Waals surface area contributed by atoms with E-state index in [4.69, 9.17) is 16.3 Å². The van der Waals surface area contributed by atoms with Crippen molar-refractivity contribution < 1.29 is 19.1 Å². The van der Waals surface area contributed by atoms with Crippen molar-refractivity contribution in [2.24, 2.45) is 0 Å². The number of nitrogens with zero attached hydrogens (tertiary/aromatic N) is 2. The van der Waals surface area contributed by atoms with Crippen molar-refractivity contribution >= 4 is 46.5 Å². The van der Waals surface area contributed by atoms with Gasteiger partial charge in [0.05, 0.1) is 29.3 Å². The number of halogens is 1. The first-order valence-corrected chi connectivity index (χ1v) is 14.7. The van der Waals surface area contributed by atoms with Crippen molar-refractivity contribution in [3.05, 3.63) is 83.4 Å². The Bertz CT molecular complexity index is 1390. The summed E-state index contributed by atoms with van der Waals surface area (Å²) in [6.45, 7) is 1.37. The Morgan fingerprint density at radius 1 is 0.905 bits per heavy atom. The summed E-state index contributed by atoms with van der Waals surface area (Å²) in [7, 11) is 1.76. The Morgan fingerprint density at radius 2 is 1.55 bits per heavy atom. The van der Waals surface area contributed by atoms with Crippen molar-refractivity contribution in [2.45, 2.75) is 44.2 Å². The number of likely N-dealkylation sites (N-methyl/N-ethyl adjacent to an activating group) is 1. The SMILES string of the molecule is CN(C(=O)CNC(=O)c1ccccc1Cl)C1CCN(c2ccc(NC(=O)Nc3ccc(OC4CCCC4)cc3)cc2)C1. The standard InChI is InChI=1S/C32H36ClN5O4/c1-37(30(39)20-34-31(40)28-8-4-5-9-29(28)33)25-18-19-38(21-25)24-14-10-22(11-15-24)35-32(41)36-23-12-16-27(17-13-23)42-26-6-2-3-7-26/h4-5,8-17,25-26H,2-3,6-7,18-21H2,1H3,(H,34,40)(H2,35,36,41). The van der Waals surface area contributed by atoms with Crippen LogP contribution >= 0.6 is 11.6 Å². The number of hydrogen-bond donors (Lipinski definition) is 3. The number of amides is 4. The molecule has 0 radical (unpaired) electrons. The minimum atomic E-state index is -0.375. The molecule has 3 aromatic rings. The van der Waals surface area contributed by atoms with Crippen LogP contribution in [0.5, 0.6) is 5.75 Å². The van der Waals surface area contributed by atoms with E-state index < -0.39 is 0 Å². The molecular formula is C32H36ClN5O4. The number of hydrogen-bond acceptors (Lipinski definition) is 5. The molecular weight excluding hydrogens is 554 g/mol. The number of urea groups is 1. The van der Waals surface area contributed by atoms with Gasteiger partial charge in [0, 0.05) is 37.2 Å². The predicted octanol–water partition coefficient (Wildman–Crippen LogP) is 5.77. The highest BCUT2D eigenvalue weighted by Crippen LogP contribution is 2.26. The molecule has 42 heavy (non-hydrogen) atoms. The average molecular weight is 590 g/mol. The highest BCUT2D eigenvalue weighted by atomic mass is 35.5. The van der Waals surface area contributed by atoms with Crippen molar-refractivity contribution in [3.63, 3.8) is 0 Å². The first-order valence-electron chi connectivity index (χ1n) is 14.3. The minimum absolute atomic E-state index is 0.0215. The van der Waals surface area contributed by atoms with Gasteiger partial charge in [0.2, 0.25) is 5.91 Å². The third-order valence-corrected chi connectivity index (χ3v) is 8.16. The second kappa shape index (κ2) is 13.6. The van der Waals surface area contributed by atoms with E-state index in [1.54, 1.807) is 36.2 Å². The lowest BCUT2D eigenvalue weighted by atomic mass is 10.2. The van der Waals surface area contributed by atoms with Gasteiger partial charge in [0.1, 0.15) is 5.75 Å². The number of carbonyl (C=O) groups excluding carboxylic acids is 3. The molecule has 1 aliphatic heterocycles. The zero-order valence-corrected chi connectivity index (χ0v) is 24.4. The number of anilines is 3. The van der Waals surface area contributed by atoms with Crippen LogP contribution in [0.25, 0.3) is 0 Å². The predicted molar refractivity (Wildman–Crippen MR) is 166 cm³/mol. The fourth-order valence-corrected chi connectivity index (χ4v) is 5.60. The van der Waals surface area contributed by atoms with Gasteiger partial charge >= 0.3 is 6.03 Å². The molecule has 1 unspecified atom stereocenters. The van der Waals surface area contributed by atoms with Crippen molar-refractivity contribution in [2.75, 3.05) is 42.2 Å². The second-order valence-corrected chi connectivity index (χ2v) is 11.1. The number of ether oxygens (including phenoxy) is 1. The molecule has 0 aromatic heterocycles. The van der Waals surface area contributed by atoms with Crippen LogP contribution in [0.1, 0.15) is 42.5 Å². The van der Waals surface area contributed by atoms with Crippen molar-refractivity contribution in [3.8, 4) is 5.75 Å². The molecule has 1 saturated heterocycles. The summed E-state index contributed by atoms with van der Waals surface area (Å²) in [5.74, 6) is 0.284. The molecule has 220 valence electrons. The molecule has 3 N–H and O–H groups in total. The molecule has 1 heterocycles. The Kier molecular flexibility index (Phi) is 9.48. The molecule has 3 aromatic carbocycles. The van der Waals surface area contributed by atoms with Gasteiger partial charge in [-0.1, -0.05) is 23.7 Å². The topological polar surface area (TPSA) is 103 Å². The van der Waals surface area contributed by atoms with Crippen molar-refractivity contribution in [1.82, 2.24) is 10.2 Å². The zero-order valence-electron chi connectivity index (χ0n) is 23.6. The smallest absolute Gasteiger partial charge is 0.323 e. The summed E-state index contributed by atoms with van der Waals surface area (Å²) < 4.78 is 5.98. The molecule has 2 aliphatic rings. The van der Waals surface area contributed by atoms with Gasteiger partial charge in [0.15, 0.2) is 0 Å². The van der Waals surface area contributed by atoms with Crippen LogP contribution in [0, 0.1) is 0 Å². The van der Waals surface area contributed by atoms with Gasteiger partial charge in [-0.2, -0.15) is 0 Å². The molecule has 1 aliphatic carbocycles. The maximum absolute atomic E-state index is 12.8. The number of benzene rings is 3. The van der Waals surface area contributed by atoms with E-state index in [9.17, 15) is 14.4 Å². The lowest BCUT2D eigenvalue weighted by molar-refractivity contribution is -0.130. The summed E-state index contributed by atoms with van der Waals surface area (Å²) in [6, 6.07) is 21.5. The fourth-order valence-electron chi connectivity index (χ4n) is 5.38. The zero-order chi connectivity index (χ0) is 29.5. The van der Waals surface area contributed by atoms with Gasteiger partial charge in [-0.15, -0.1) is 0 Å². The van der Waals surface area contributed by atoms with E-state index in [2.05, 4.69) is 20.9 Å². The summed E-state index contributed by atoms with van der Waals surface area (Å²) in [5, 5.41) is 8.73. The second-order valence-electron chi connectivity index (χ2n) is 10.7. The Balaban J connectivity index is 1.06. The van der Waals surface area contributed by atoms with E-state index >= 15 is 0 Å². The monoisotopic (exact) mass is 589 g/mol. The Labute approximate surface area is 251 Å². The molecule has 4 amide bonds. The summed E-state index contributed by atoms with van der Waals surface area (Å²) in [6.07, 6.45) is 5.75. The largest absolute Gasteiger partial charge is 0.490 e. The van der Waals surface area contributed by atoms with Crippen molar-refractivity contribution in [1.29, 1.82) is 0 Å². The summed E-state index contributed by atoms with van der Waals surface area (Å²) in [4.78, 5) is 41.6.